The molecule has 2 rings (SSSR count). The molecule has 18 heavy (non-hydrogen) atoms. The van der Waals surface area contributed by atoms with Gasteiger partial charge in [0.1, 0.15) is 5.41 Å². The van der Waals surface area contributed by atoms with Gasteiger partial charge in [-0.15, -0.1) is 0 Å². The lowest BCUT2D eigenvalue weighted by atomic mass is 9.86. The van der Waals surface area contributed by atoms with Gasteiger partial charge in [0.15, 0.2) is 0 Å². The van der Waals surface area contributed by atoms with Crippen molar-refractivity contribution in [1.29, 1.82) is 0 Å². The standard InChI is InChI=1S/C13H14N2O3/c1-13(2,12(17)18)10-8-6-4-5-7-9(8)11(16)15(3)14-10/h4-7H,1-3H3,(H,17,18). The van der Waals surface area contributed by atoms with Crippen LogP contribution in [0.2, 0.25) is 0 Å². The average Bonchev–Trinajstić information content (AvgIpc) is 2.33. The fraction of sp³-hybridized carbons (Fsp3) is 0.308. The molecule has 0 aliphatic heterocycles. The minimum Gasteiger partial charge on any atom is -0.481 e. The Hall–Kier alpha value is -2.17. The molecular weight excluding hydrogens is 232 g/mol. The SMILES string of the molecule is Cn1nc(C(C)(C)C(=O)O)c2ccccc2c1=O. The molecule has 0 spiro atoms. The Morgan fingerprint density at radius 1 is 1.28 bits per heavy atom. The van der Waals surface area contributed by atoms with Crippen LogP contribution >= 0.6 is 0 Å². The number of fused-ring (bicyclic) bond motifs is 1. The van der Waals surface area contributed by atoms with Gasteiger partial charge in [0.25, 0.3) is 5.56 Å². The van der Waals surface area contributed by atoms with Crippen LogP contribution in [0.4, 0.5) is 0 Å². The second kappa shape index (κ2) is 3.94. The highest BCUT2D eigenvalue weighted by Gasteiger charge is 2.33. The first-order chi connectivity index (χ1) is 8.35. The predicted molar refractivity (Wildman–Crippen MR) is 67.6 cm³/mol. The van der Waals surface area contributed by atoms with Crippen LogP contribution in [0.1, 0.15) is 19.5 Å². The second-order valence-electron chi connectivity index (χ2n) is 4.75. The molecule has 94 valence electrons. The van der Waals surface area contributed by atoms with E-state index >= 15 is 0 Å². The van der Waals surface area contributed by atoms with Crippen LogP contribution in [-0.4, -0.2) is 20.9 Å². The first kappa shape index (κ1) is 12.3. The molecule has 1 aromatic carbocycles. The van der Waals surface area contributed by atoms with Gasteiger partial charge in [-0.2, -0.15) is 5.10 Å². The highest BCUT2D eigenvalue weighted by molar-refractivity contribution is 5.90. The third-order valence-corrected chi connectivity index (χ3v) is 3.08. The molecule has 0 radical (unpaired) electrons. The molecule has 0 aliphatic carbocycles. The van der Waals surface area contributed by atoms with Crippen molar-refractivity contribution < 1.29 is 9.90 Å². The Morgan fingerprint density at radius 3 is 2.39 bits per heavy atom. The molecule has 0 atom stereocenters. The third kappa shape index (κ3) is 1.68. The summed E-state index contributed by atoms with van der Waals surface area (Å²) in [6, 6.07) is 6.93. The van der Waals surface area contributed by atoms with E-state index in [1.165, 1.54) is 11.7 Å². The number of carboxylic acid groups (broad SMARTS) is 1. The molecule has 5 nitrogen and oxygen atoms in total. The van der Waals surface area contributed by atoms with E-state index in [-0.39, 0.29) is 5.56 Å². The zero-order chi connectivity index (χ0) is 13.5. The van der Waals surface area contributed by atoms with Gasteiger partial charge in [0, 0.05) is 12.4 Å². The lowest BCUT2D eigenvalue weighted by Gasteiger charge is -2.20. The summed E-state index contributed by atoms with van der Waals surface area (Å²) in [5.74, 6) is -0.973. The molecule has 1 N–H and O–H groups in total. The zero-order valence-electron chi connectivity index (χ0n) is 10.5. The van der Waals surface area contributed by atoms with Crippen LogP contribution in [0.15, 0.2) is 29.1 Å². The highest BCUT2D eigenvalue weighted by Crippen LogP contribution is 2.26. The molecule has 2 aromatic rings. The number of aromatic nitrogens is 2. The molecule has 1 aromatic heterocycles. The number of aliphatic carboxylic acids is 1. The number of hydrogen-bond donors (Lipinski definition) is 1. The predicted octanol–water partition coefficient (Wildman–Crippen LogP) is 1.30. The minimum atomic E-state index is -1.15. The van der Waals surface area contributed by atoms with E-state index < -0.39 is 11.4 Å². The quantitative estimate of drug-likeness (QED) is 0.866. The highest BCUT2D eigenvalue weighted by atomic mass is 16.4. The van der Waals surface area contributed by atoms with Crippen molar-refractivity contribution in [2.75, 3.05) is 0 Å². The number of aryl methyl sites for hydroxylation is 1. The van der Waals surface area contributed by atoms with Crippen LogP contribution in [0.5, 0.6) is 0 Å². The first-order valence-electron chi connectivity index (χ1n) is 5.55. The average molecular weight is 246 g/mol. The summed E-state index contributed by atoms with van der Waals surface area (Å²) in [5.41, 5.74) is -0.978. The lowest BCUT2D eigenvalue weighted by molar-refractivity contribution is -0.142. The molecule has 0 aliphatic rings. The van der Waals surface area contributed by atoms with Crippen LogP contribution < -0.4 is 5.56 Å². The number of rotatable bonds is 2. The summed E-state index contributed by atoms with van der Waals surface area (Å²) < 4.78 is 1.18. The van der Waals surface area contributed by atoms with E-state index in [0.29, 0.717) is 16.5 Å². The Morgan fingerprint density at radius 2 is 1.83 bits per heavy atom. The molecule has 0 saturated carbocycles. The summed E-state index contributed by atoms with van der Waals surface area (Å²) in [7, 11) is 1.52. The minimum absolute atomic E-state index is 0.226. The maximum Gasteiger partial charge on any atom is 0.315 e. The Kier molecular flexibility index (Phi) is 2.69. The number of hydrogen-bond acceptors (Lipinski definition) is 3. The molecule has 0 fully saturated rings. The van der Waals surface area contributed by atoms with Gasteiger partial charge < -0.3 is 5.11 Å². The number of carbonyl (C=O) groups is 1. The molecular formula is C13H14N2O3. The molecule has 0 amide bonds. The van der Waals surface area contributed by atoms with Crippen molar-refractivity contribution in [2.45, 2.75) is 19.3 Å². The van der Waals surface area contributed by atoms with Crippen molar-refractivity contribution in [3.05, 3.63) is 40.3 Å². The van der Waals surface area contributed by atoms with E-state index in [0.717, 1.165) is 0 Å². The Bertz CT molecular complexity index is 686. The van der Waals surface area contributed by atoms with E-state index in [1.54, 1.807) is 38.1 Å². The van der Waals surface area contributed by atoms with E-state index in [1.807, 2.05) is 0 Å². The zero-order valence-corrected chi connectivity index (χ0v) is 10.5. The van der Waals surface area contributed by atoms with Gasteiger partial charge in [0.2, 0.25) is 0 Å². The fourth-order valence-corrected chi connectivity index (χ4v) is 1.86. The van der Waals surface area contributed by atoms with Crippen LogP contribution in [0.25, 0.3) is 10.8 Å². The Labute approximate surface area is 104 Å². The fourth-order valence-electron chi connectivity index (χ4n) is 1.86. The van der Waals surface area contributed by atoms with E-state index in [4.69, 9.17) is 0 Å². The third-order valence-electron chi connectivity index (χ3n) is 3.08. The van der Waals surface area contributed by atoms with Gasteiger partial charge >= 0.3 is 5.97 Å². The molecule has 0 bridgehead atoms. The first-order valence-corrected chi connectivity index (χ1v) is 5.55. The largest absolute Gasteiger partial charge is 0.481 e. The maximum atomic E-state index is 11.9. The van der Waals surface area contributed by atoms with Crippen molar-refractivity contribution >= 4 is 16.7 Å². The number of benzene rings is 1. The van der Waals surface area contributed by atoms with Crippen molar-refractivity contribution in [2.24, 2.45) is 7.05 Å². The summed E-state index contributed by atoms with van der Waals surface area (Å²) in [5, 5.41) is 14.5. The normalized spacial score (nSPS) is 11.7. The van der Waals surface area contributed by atoms with Crippen LogP contribution in [0.3, 0.4) is 0 Å². The van der Waals surface area contributed by atoms with Gasteiger partial charge in [-0.25, -0.2) is 4.68 Å². The van der Waals surface area contributed by atoms with Gasteiger partial charge in [-0.1, -0.05) is 18.2 Å². The second-order valence-corrected chi connectivity index (χ2v) is 4.75. The van der Waals surface area contributed by atoms with Crippen LogP contribution in [-0.2, 0) is 17.3 Å². The van der Waals surface area contributed by atoms with Crippen molar-refractivity contribution in [1.82, 2.24) is 9.78 Å². The topological polar surface area (TPSA) is 72.2 Å². The monoisotopic (exact) mass is 246 g/mol. The molecule has 0 unspecified atom stereocenters. The van der Waals surface area contributed by atoms with E-state index in [2.05, 4.69) is 5.10 Å². The summed E-state index contributed by atoms with van der Waals surface area (Å²) in [6.07, 6.45) is 0. The number of nitrogens with zero attached hydrogens (tertiary/aromatic N) is 2. The number of carboxylic acids is 1. The molecule has 0 saturated heterocycles. The maximum absolute atomic E-state index is 11.9. The molecule has 5 heteroatoms. The summed E-state index contributed by atoms with van der Waals surface area (Å²) >= 11 is 0. The lowest BCUT2D eigenvalue weighted by Crippen LogP contribution is -2.33. The van der Waals surface area contributed by atoms with E-state index in [9.17, 15) is 14.7 Å². The molecule has 1 heterocycles. The van der Waals surface area contributed by atoms with Crippen molar-refractivity contribution in [3.63, 3.8) is 0 Å². The smallest absolute Gasteiger partial charge is 0.315 e. The van der Waals surface area contributed by atoms with Crippen LogP contribution in [0, 0.1) is 0 Å². The Balaban J connectivity index is 2.93. The van der Waals surface area contributed by atoms with Gasteiger partial charge in [-0.3, -0.25) is 9.59 Å². The van der Waals surface area contributed by atoms with Crippen molar-refractivity contribution in [3.8, 4) is 0 Å². The van der Waals surface area contributed by atoms with Gasteiger partial charge in [0.05, 0.1) is 11.1 Å². The van der Waals surface area contributed by atoms with Gasteiger partial charge in [-0.05, 0) is 19.9 Å². The summed E-state index contributed by atoms with van der Waals surface area (Å²) in [6.45, 7) is 3.16. The summed E-state index contributed by atoms with van der Waals surface area (Å²) in [4.78, 5) is 23.3.